The fourth-order valence-corrected chi connectivity index (χ4v) is 5.32. The molecule has 33 heavy (non-hydrogen) atoms. The molecule has 174 valence electrons. The van der Waals surface area contributed by atoms with E-state index in [2.05, 4.69) is 49.4 Å². The maximum Gasteiger partial charge on any atom is 0.203 e. The first-order valence-electron chi connectivity index (χ1n) is 11.7. The summed E-state index contributed by atoms with van der Waals surface area (Å²) in [7, 11) is 4.92. The molecule has 1 saturated carbocycles. The van der Waals surface area contributed by atoms with Crippen molar-refractivity contribution in [2.45, 2.75) is 50.6 Å². The zero-order valence-electron chi connectivity index (χ0n) is 19.5. The van der Waals surface area contributed by atoms with Crippen LogP contribution < -0.4 is 19.1 Å². The highest BCUT2D eigenvalue weighted by Gasteiger charge is 2.35. The highest BCUT2D eigenvalue weighted by Crippen LogP contribution is 2.45. The fraction of sp³-hybridized carbons (Fsp3) is 0.480. The number of aromatic nitrogens is 4. The molecule has 8 nitrogen and oxygen atoms in total. The van der Waals surface area contributed by atoms with Crippen molar-refractivity contribution in [2.24, 2.45) is 0 Å². The van der Waals surface area contributed by atoms with Gasteiger partial charge in [-0.2, -0.15) is 0 Å². The molecule has 1 atom stereocenters. The topological polar surface area (TPSA) is 74.5 Å². The largest absolute Gasteiger partial charge is 0.493 e. The molecule has 0 N–H and O–H groups in total. The fourth-order valence-electron chi connectivity index (χ4n) is 5.32. The van der Waals surface area contributed by atoms with Gasteiger partial charge in [-0.1, -0.05) is 43.5 Å². The summed E-state index contributed by atoms with van der Waals surface area (Å²) in [6.45, 7) is 0.831. The number of tetrazole rings is 1. The zero-order valence-corrected chi connectivity index (χ0v) is 19.5. The van der Waals surface area contributed by atoms with Crippen LogP contribution in [0, 0.1) is 0 Å². The quantitative estimate of drug-likeness (QED) is 0.554. The normalized spacial score (nSPS) is 18.6. The van der Waals surface area contributed by atoms with Gasteiger partial charge >= 0.3 is 0 Å². The number of benzene rings is 2. The molecule has 8 heteroatoms. The molecule has 5 rings (SSSR count). The van der Waals surface area contributed by atoms with Gasteiger partial charge in [-0.05, 0) is 40.8 Å². The molecule has 1 aliphatic heterocycles. The Bertz CT molecular complexity index is 1080. The predicted octanol–water partition coefficient (Wildman–Crippen LogP) is 4.36. The summed E-state index contributed by atoms with van der Waals surface area (Å²) < 4.78 is 18.9. The summed E-state index contributed by atoms with van der Waals surface area (Å²) in [4.78, 5) is 2.36. The maximum absolute atomic E-state index is 5.65. The van der Waals surface area contributed by atoms with Gasteiger partial charge in [0.15, 0.2) is 17.3 Å². The third kappa shape index (κ3) is 3.87. The Kier molecular flexibility index (Phi) is 6.07. The minimum atomic E-state index is -0.102. The third-order valence-corrected chi connectivity index (χ3v) is 6.95. The second-order valence-corrected chi connectivity index (χ2v) is 8.70. The average molecular weight is 450 g/mol. The van der Waals surface area contributed by atoms with Crippen LogP contribution in [0.15, 0.2) is 36.4 Å². The van der Waals surface area contributed by atoms with E-state index >= 15 is 0 Å². The number of hydrogen-bond donors (Lipinski definition) is 0. The first-order chi connectivity index (χ1) is 16.2. The number of anilines is 1. The number of methoxy groups -OCH3 is 3. The lowest BCUT2D eigenvalue weighted by molar-refractivity contribution is 0.312. The van der Waals surface area contributed by atoms with Gasteiger partial charge in [0.25, 0.3) is 0 Å². The average Bonchev–Trinajstić information content (AvgIpc) is 3.37. The SMILES string of the molecule is COc1cc(N2CCc3ccccc3C2c2nnnn2C2CCCCC2)cc(OC)c1OC. The van der Waals surface area contributed by atoms with Crippen molar-refractivity contribution < 1.29 is 14.2 Å². The molecule has 1 aliphatic carbocycles. The van der Waals surface area contributed by atoms with Crippen molar-refractivity contribution in [3.63, 3.8) is 0 Å². The molecule has 1 fully saturated rings. The number of nitrogens with zero attached hydrogens (tertiary/aromatic N) is 5. The molecule has 1 aromatic heterocycles. The molecule has 2 aliphatic rings. The van der Waals surface area contributed by atoms with E-state index in [1.807, 2.05) is 12.1 Å². The molecule has 2 aromatic carbocycles. The van der Waals surface area contributed by atoms with E-state index in [1.54, 1.807) is 21.3 Å². The molecule has 0 radical (unpaired) electrons. The van der Waals surface area contributed by atoms with Gasteiger partial charge in [0.2, 0.25) is 5.75 Å². The highest BCUT2D eigenvalue weighted by atomic mass is 16.5. The number of rotatable bonds is 6. The van der Waals surface area contributed by atoms with Crippen LogP contribution >= 0.6 is 0 Å². The molecule has 0 spiro atoms. The van der Waals surface area contributed by atoms with E-state index in [0.717, 1.165) is 37.3 Å². The summed E-state index contributed by atoms with van der Waals surface area (Å²) in [5.74, 6) is 2.75. The first kappa shape index (κ1) is 21.6. The van der Waals surface area contributed by atoms with E-state index in [1.165, 1.54) is 30.4 Å². The van der Waals surface area contributed by atoms with Gasteiger partial charge < -0.3 is 19.1 Å². The molecule has 3 aromatic rings. The van der Waals surface area contributed by atoms with Gasteiger partial charge in [0, 0.05) is 24.4 Å². The van der Waals surface area contributed by atoms with Crippen LogP contribution in [0.25, 0.3) is 0 Å². The Morgan fingerprint density at radius 3 is 2.33 bits per heavy atom. The second-order valence-electron chi connectivity index (χ2n) is 8.70. The molecular weight excluding hydrogens is 418 g/mol. The third-order valence-electron chi connectivity index (χ3n) is 6.95. The van der Waals surface area contributed by atoms with Crippen molar-refractivity contribution in [2.75, 3.05) is 32.8 Å². The number of fused-ring (bicyclic) bond motifs is 1. The van der Waals surface area contributed by atoms with Crippen LogP contribution in [0.2, 0.25) is 0 Å². The Morgan fingerprint density at radius 2 is 1.64 bits per heavy atom. The van der Waals surface area contributed by atoms with Crippen LogP contribution in [0.1, 0.15) is 61.1 Å². The zero-order chi connectivity index (χ0) is 22.8. The lowest BCUT2D eigenvalue weighted by atomic mass is 9.90. The van der Waals surface area contributed by atoms with Crippen molar-refractivity contribution in [1.29, 1.82) is 0 Å². The Balaban J connectivity index is 1.64. The molecular formula is C25H31N5O3. The second kappa shape index (κ2) is 9.29. The van der Waals surface area contributed by atoms with E-state index in [4.69, 9.17) is 14.2 Å². The van der Waals surface area contributed by atoms with Crippen molar-refractivity contribution in [3.05, 3.63) is 53.3 Å². The predicted molar refractivity (Wildman–Crippen MR) is 125 cm³/mol. The Morgan fingerprint density at radius 1 is 0.909 bits per heavy atom. The smallest absolute Gasteiger partial charge is 0.203 e. The number of hydrogen-bond acceptors (Lipinski definition) is 7. The molecule has 0 saturated heterocycles. The summed E-state index contributed by atoms with van der Waals surface area (Å²) in [6.07, 6.45) is 6.92. The molecule has 0 amide bonds. The van der Waals surface area contributed by atoms with Crippen LogP contribution in [0.3, 0.4) is 0 Å². The maximum atomic E-state index is 5.65. The van der Waals surface area contributed by atoms with Gasteiger partial charge in [-0.3, -0.25) is 0 Å². The summed E-state index contributed by atoms with van der Waals surface area (Å²) in [6, 6.07) is 12.9. The number of ether oxygens (including phenoxy) is 3. The summed E-state index contributed by atoms with van der Waals surface area (Å²) in [5.41, 5.74) is 3.57. The lowest BCUT2D eigenvalue weighted by Crippen LogP contribution is -2.38. The first-order valence-corrected chi connectivity index (χ1v) is 11.7. The summed E-state index contributed by atoms with van der Waals surface area (Å²) >= 11 is 0. The van der Waals surface area contributed by atoms with Crippen LogP contribution in [0.4, 0.5) is 5.69 Å². The standard InChI is InChI=1S/C25H31N5O3/c1-31-21-15-19(16-22(32-2)24(21)33-3)29-14-13-17-9-7-8-12-20(17)23(29)25-26-27-28-30(25)18-10-5-4-6-11-18/h7-9,12,15-16,18,23H,4-6,10-11,13-14H2,1-3H3. The lowest BCUT2D eigenvalue weighted by Gasteiger charge is -2.39. The van der Waals surface area contributed by atoms with Gasteiger partial charge in [-0.15, -0.1) is 5.10 Å². The highest BCUT2D eigenvalue weighted by molar-refractivity contribution is 5.65. The Hall–Kier alpha value is -3.29. The van der Waals surface area contributed by atoms with Gasteiger partial charge in [0.1, 0.15) is 6.04 Å². The van der Waals surface area contributed by atoms with Gasteiger partial charge in [-0.25, -0.2) is 4.68 Å². The molecule has 2 heterocycles. The van der Waals surface area contributed by atoms with E-state index < -0.39 is 0 Å². The minimum absolute atomic E-state index is 0.102. The van der Waals surface area contributed by atoms with Crippen LogP contribution in [-0.2, 0) is 6.42 Å². The Labute approximate surface area is 194 Å². The van der Waals surface area contributed by atoms with Crippen LogP contribution in [0.5, 0.6) is 17.2 Å². The monoisotopic (exact) mass is 449 g/mol. The summed E-state index contributed by atoms with van der Waals surface area (Å²) in [5, 5.41) is 13.2. The van der Waals surface area contributed by atoms with E-state index in [0.29, 0.717) is 23.3 Å². The van der Waals surface area contributed by atoms with Crippen LogP contribution in [-0.4, -0.2) is 48.1 Å². The van der Waals surface area contributed by atoms with Crippen molar-refractivity contribution in [3.8, 4) is 17.2 Å². The molecule has 1 unspecified atom stereocenters. The van der Waals surface area contributed by atoms with Crippen molar-refractivity contribution in [1.82, 2.24) is 20.2 Å². The van der Waals surface area contributed by atoms with E-state index in [9.17, 15) is 0 Å². The van der Waals surface area contributed by atoms with Crippen molar-refractivity contribution >= 4 is 5.69 Å². The minimum Gasteiger partial charge on any atom is -0.493 e. The molecule has 0 bridgehead atoms. The van der Waals surface area contributed by atoms with E-state index in [-0.39, 0.29) is 6.04 Å². The van der Waals surface area contributed by atoms with Gasteiger partial charge in [0.05, 0.1) is 27.4 Å².